The Labute approximate surface area is 114 Å². The number of hydrogen-bond donors (Lipinski definition) is 0. The highest BCUT2D eigenvalue weighted by atomic mass is 19.1. The van der Waals surface area contributed by atoms with Crippen molar-refractivity contribution in [1.29, 1.82) is 0 Å². The summed E-state index contributed by atoms with van der Waals surface area (Å²) in [6, 6.07) is 4.56. The first kappa shape index (κ1) is 14.2. The monoisotopic (exact) mass is 264 g/mol. The average Bonchev–Trinajstić information content (AvgIpc) is 2.36. The minimum absolute atomic E-state index is 0.0820. The molecule has 1 aromatic carbocycles. The Morgan fingerprint density at radius 3 is 2.84 bits per heavy atom. The van der Waals surface area contributed by atoms with Gasteiger partial charge in [0.15, 0.2) is 5.78 Å². The fourth-order valence-electron chi connectivity index (χ4n) is 2.49. The zero-order valence-electron chi connectivity index (χ0n) is 11.8. The molecule has 0 saturated carbocycles. The summed E-state index contributed by atoms with van der Waals surface area (Å²) in [5, 5.41) is 0. The van der Waals surface area contributed by atoms with Crippen LogP contribution in [-0.4, -0.2) is 55.4 Å². The maximum absolute atomic E-state index is 13.2. The van der Waals surface area contributed by atoms with E-state index in [4.69, 9.17) is 0 Å². The Morgan fingerprint density at radius 1 is 1.37 bits per heavy atom. The molecule has 2 rings (SSSR count). The van der Waals surface area contributed by atoms with Crippen molar-refractivity contribution in [2.45, 2.75) is 19.4 Å². The average molecular weight is 264 g/mol. The van der Waals surface area contributed by atoms with E-state index < -0.39 is 0 Å². The van der Waals surface area contributed by atoms with Crippen LogP contribution in [0.1, 0.15) is 11.1 Å². The van der Waals surface area contributed by atoms with Gasteiger partial charge in [0.2, 0.25) is 0 Å². The topological polar surface area (TPSA) is 23.6 Å². The number of ketones is 1. The molecule has 1 aliphatic rings. The van der Waals surface area contributed by atoms with Crippen molar-refractivity contribution in [3.05, 3.63) is 35.1 Å². The van der Waals surface area contributed by atoms with E-state index >= 15 is 0 Å². The van der Waals surface area contributed by atoms with Crippen LogP contribution in [0.5, 0.6) is 0 Å². The van der Waals surface area contributed by atoms with Crippen LogP contribution < -0.4 is 0 Å². The molecular formula is C15H21FN2O. The van der Waals surface area contributed by atoms with Gasteiger partial charge in [0.1, 0.15) is 5.82 Å². The first-order valence-electron chi connectivity index (χ1n) is 6.64. The van der Waals surface area contributed by atoms with Crippen molar-refractivity contribution in [3.8, 4) is 0 Å². The third kappa shape index (κ3) is 3.39. The number of nitrogens with zero attached hydrogens (tertiary/aromatic N) is 2. The molecule has 0 bridgehead atoms. The van der Waals surface area contributed by atoms with Gasteiger partial charge in [-0.25, -0.2) is 4.39 Å². The molecule has 104 valence electrons. The largest absolute Gasteiger partial charge is 0.303 e. The number of hydrogen-bond acceptors (Lipinski definition) is 3. The third-order valence-electron chi connectivity index (χ3n) is 3.90. The van der Waals surface area contributed by atoms with Gasteiger partial charge in [-0.2, -0.15) is 0 Å². The van der Waals surface area contributed by atoms with Crippen molar-refractivity contribution >= 4 is 5.78 Å². The van der Waals surface area contributed by atoms with Crippen molar-refractivity contribution in [3.63, 3.8) is 0 Å². The molecule has 0 amide bonds. The number of carbonyl (C=O) groups excluding carboxylic acids is 1. The minimum Gasteiger partial charge on any atom is -0.303 e. The number of Topliss-reactive ketones (excluding diaryl/α,β-unsaturated/α-hetero) is 1. The molecule has 1 saturated heterocycles. The summed E-state index contributed by atoms with van der Waals surface area (Å²) in [7, 11) is 4.01. The van der Waals surface area contributed by atoms with Gasteiger partial charge >= 0.3 is 0 Å². The van der Waals surface area contributed by atoms with Crippen LogP contribution in [0.25, 0.3) is 0 Å². The molecule has 1 heterocycles. The quantitative estimate of drug-likeness (QED) is 0.826. The predicted octanol–water partition coefficient (Wildman–Crippen LogP) is 1.49. The van der Waals surface area contributed by atoms with Crippen LogP contribution >= 0.6 is 0 Å². The lowest BCUT2D eigenvalue weighted by atomic mass is 9.98. The van der Waals surface area contributed by atoms with E-state index in [2.05, 4.69) is 9.80 Å². The first-order valence-corrected chi connectivity index (χ1v) is 6.64. The van der Waals surface area contributed by atoms with Crippen molar-refractivity contribution in [1.82, 2.24) is 9.80 Å². The summed E-state index contributed by atoms with van der Waals surface area (Å²) >= 11 is 0. The molecule has 0 aromatic heterocycles. The number of likely N-dealkylation sites (N-methyl/N-ethyl adjacent to an activating group) is 2. The number of carbonyl (C=O) groups is 1. The van der Waals surface area contributed by atoms with Gasteiger partial charge in [-0.05, 0) is 44.3 Å². The predicted molar refractivity (Wildman–Crippen MR) is 73.8 cm³/mol. The fourth-order valence-corrected chi connectivity index (χ4v) is 2.49. The van der Waals surface area contributed by atoms with Gasteiger partial charge in [0.05, 0.1) is 6.04 Å². The van der Waals surface area contributed by atoms with E-state index in [1.165, 1.54) is 12.1 Å². The zero-order valence-corrected chi connectivity index (χ0v) is 11.8. The lowest BCUT2D eigenvalue weighted by Crippen LogP contribution is -2.53. The van der Waals surface area contributed by atoms with E-state index in [9.17, 15) is 9.18 Å². The number of aryl methyl sites for hydroxylation is 1. The standard InChI is InChI=1S/C15H21FN2O/c1-11-4-5-13(16)8-12(11)9-15(19)14-10-17(2)6-7-18(14)3/h4-5,8,14H,6-7,9-10H2,1-3H3. The summed E-state index contributed by atoms with van der Waals surface area (Å²) in [4.78, 5) is 16.7. The van der Waals surface area contributed by atoms with Gasteiger partial charge in [0.25, 0.3) is 0 Å². The molecule has 1 aromatic rings. The molecule has 1 atom stereocenters. The second kappa shape index (κ2) is 5.80. The zero-order chi connectivity index (χ0) is 14.0. The van der Waals surface area contributed by atoms with Crippen LogP contribution in [-0.2, 0) is 11.2 Å². The van der Waals surface area contributed by atoms with E-state index in [1.807, 2.05) is 21.0 Å². The SMILES string of the molecule is Cc1ccc(F)cc1CC(=O)C1CN(C)CCN1C. The normalized spacial score (nSPS) is 21.6. The number of rotatable bonds is 3. The maximum atomic E-state index is 13.2. The summed E-state index contributed by atoms with van der Waals surface area (Å²) in [6.45, 7) is 4.55. The molecule has 1 fully saturated rings. The first-order chi connectivity index (χ1) is 8.97. The second-order valence-corrected chi connectivity index (χ2v) is 5.47. The number of piperazine rings is 1. The van der Waals surface area contributed by atoms with Crippen LogP contribution in [0.2, 0.25) is 0 Å². The highest BCUT2D eigenvalue weighted by Gasteiger charge is 2.28. The minimum atomic E-state index is -0.275. The Kier molecular flexibility index (Phi) is 4.32. The van der Waals surface area contributed by atoms with Crippen LogP contribution in [0.15, 0.2) is 18.2 Å². The second-order valence-electron chi connectivity index (χ2n) is 5.47. The molecule has 0 radical (unpaired) electrons. The molecule has 4 heteroatoms. The highest BCUT2D eigenvalue weighted by Crippen LogP contribution is 2.15. The van der Waals surface area contributed by atoms with Crippen LogP contribution in [0.4, 0.5) is 4.39 Å². The van der Waals surface area contributed by atoms with E-state index in [-0.39, 0.29) is 17.6 Å². The van der Waals surface area contributed by atoms with E-state index in [0.717, 1.165) is 30.8 Å². The summed E-state index contributed by atoms with van der Waals surface area (Å²) in [5.41, 5.74) is 1.77. The van der Waals surface area contributed by atoms with Gasteiger partial charge < -0.3 is 4.90 Å². The summed E-state index contributed by atoms with van der Waals surface area (Å²) in [6.07, 6.45) is 0.312. The third-order valence-corrected chi connectivity index (χ3v) is 3.90. The van der Waals surface area contributed by atoms with Gasteiger partial charge in [0, 0.05) is 26.1 Å². The molecule has 1 unspecified atom stereocenters. The summed E-state index contributed by atoms with van der Waals surface area (Å²) in [5.74, 6) is -0.106. The van der Waals surface area contributed by atoms with E-state index in [1.54, 1.807) is 6.07 Å². The Balaban J connectivity index is 2.09. The molecule has 19 heavy (non-hydrogen) atoms. The maximum Gasteiger partial charge on any atom is 0.155 e. The molecule has 0 N–H and O–H groups in total. The highest BCUT2D eigenvalue weighted by molar-refractivity contribution is 5.86. The molecule has 3 nitrogen and oxygen atoms in total. The van der Waals surface area contributed by atoms with E-state index in [0.29, 0.717) is 6.42 Å². The Bertz CT molecular complexity index is 475. The summed E-state index contributed by atoms with van der Waals surface area (Å²) < 4.78 is 13.2. The van der Waals surface area contributed by atoms with Gasteiger partial charge in [-0.1, -0.05) is 6.07 Å². The molecule has 1 aliphatic heterocycles. The smallest absolute Gasteiger partial charge is 0.155 e. The molecule has 0 spiro atoms. The van der Waals surface area contributed by atoms with Crippen molar-refractivity contribution in [2.24, 2.45) is 0 Å². The van der Waals surface area contributed by atoms with Crippen molar-refractivity contribution in [2.75, 3.05) is 33.7 Å². The molecule has 0 aliphatic carbocycles. The van der Waals surface area contributed by atoms with Gasteiger partial charge in [-0.3, -0.25) is 9.69 Å². The van der Waals surface area contributed by atoms with Crippen molar-refractivity contribution < 1.29 is 9.18 Å². The Morgan fingerprint density at radius 2 is 2.11 bits per heavy atom. The fraction of sp³-hybridized carbons (Fsp3) is 0.533. The number of benzene rings is 1. The van der Waals surface area contributed by atoms with Crippen LogP contribution in [0, 0.1) is 12.7 Å². The Hall–Kier alpha value is -1.26. The number of halogens is 1. The lowest BCUT2D eigenvalue weighted by Gasteiger charge is -2.36. The molecular weight excluding hydrogens is 243 g/mol. The van der Waals surface area contributed by atoms with Crippen LogP contribution in [0.3, 0.4) is 0 Å². The van der Waals surface area contributed by atoms with Gasteiger partial charge in [-0.15, -0.1) is 0 Å². The lowest BCUT2D eigenvalue weighted by molar-refractivity contribution is -0.125.